The van der Waals surface area contributed by atoms with Crippen LogP contribution in [0.1, 0.15) is 58.3 Å². The van der Waals surface area contributed by atoms with Gasteiger partial charge in [0.25, 0.3) is 11.8 Å². The van der Waals surface area contributed by atoms with Crippen molar-refractivity contribution in [1.82, 2.24) is 4.90 Å². The second kappa shape index (κ2) is 8.90. The third-order valence-corrected chi connectivity index (χ3v) is 4.91. The van der Waals surface area contributed by atoms with Crippen LogP contribution in [0.15, 0.2) is 48.5 Å². The highest BCUT2D eigenvalue weighted by atomic mass is 16.5. The Hall–Kier alpha value is -3.48. The maximum atomic E-state index is 12.6. The number of ether oxygens (including phenoxy) is 1. The van der Waals surface area contributed by atoms with Gasteiger partial charge in [-0.15, -0.1) is 0 Å². The average molecular weight is 408 g/mol. The number of imide groups is 1. The molecule has 0 bridgehead atoms. The van der Waals surface area contributed by atoms with Crippen molar-refractivity contribution < 1.29 is 23.9 Å². The summed E-state index contributed by atoms with van der Waals surface area (Å²) in [6, 6.07) is 11.8. The van der Waals surface area contributed by atoms with Crippen molar-refractivity contribution in [3.05, 3.63) is 65.2 Å². The number of hydrogen-bond acceptors (Lipinski definition) is 5. The van der Waals surface area contributed by atoms with Crippen LogP contribution < -0.4 is 5.32 Å². The molecule has 1 aliphatic rings. The van der Waals surface area contributed by atoms with Crippen molar-refractivity contribution in [3.8, 4) is 0 Å². The highest BCUT2D eigenvalue weighted by Gasteiger charge is 2.40. The largest absolute Gasteiger partial charge is 0.462 e. The zero-order chi connectivity index (χ0) is 21.8. The highest BCUT2D eigenvalue weighted by Crippen LogP contribution is 2.25. The number of anilines is 1. The van der Waals surface area contributed by atoms with E-state index in [4.69, 9.17) is 4.74 Å². The minimum atomic E-state index is -0.988. The van der Waals surface area contributed by atoms with Crippen LogP contribution in [0.25, 0.3) is 0 Å². The normalized spacial score (nSPS) is 13.9. The molecule has 1 atom stereocenters. The van der Waals surface area contributed by atoms with E-state index in [1.807, 2.05) is 13.8 Å². The molecular formula is C23H24N2O5. The molecular weight excluding hydrogens is 384 g/mol. The lowest BCUT2D eigenvalue weighted by atomic mass is 10.1. The van der Waals surface area contributed by atoms with Gasteiger partial charge in [0, 0.05) is 5.69 Å². The van der Waals surface area contributed by atoms with E-state index in [9.17, 15) is 19.2 Å². The molecule has 3 rings (SSSR count). The molecule has 0 saturated heterocycles. The van der Waals surface area contributed by atoms with Gasteiger partial charge in [-0.1, -0.05) is 26.0 Å². The first-order chi connectivity index (χ1) is 14.3. The second-order valence-electron chi connectivity index (χ2n) is 7.59. The monoisotopic (exact) mass is 408 g/mol. The highest BCUT2D eigenvalue weighted by molar-refractivity contribution is 6.23. The van der Waals surface area contributed by atoms with Gasteiger partial charge in [0.2, 0.25) is 5.91 Å². The van der Waals surface area contributed by atoms with Gasteiger partial charge in [0.15, 0.2) is 0 Å². The number of esters is 1. The summed E-state index contributed by atoms with van der Waals surface area (Å²) in [6.45, 7) is 5.95. The molecule has 0 aromatic heterocycles. The minimum absolute atomic E-state index is 0.294. The van der Waals surface area contributed by atoms with E-state index in [0.717, 1.165) is 11.3 Å². The first kappa shape index (κ1) is 21.2. The molecule has 0 unspecified atom stereocenters. The van der Waals surface area contributed by atoms with Crippen LogP contribution in [0.5, 0.6) is 0 Å². The van der Waals surface area contributed by atoms with Gasteiger partial charge in [-0.05, 0) is 55.7 Å². The zero-order valence-electron chi connectivity index (χ0n) is 17.2. The first-order valence-corrected chi connectivity index (χ1v) is 9.84. The molecule has 0 spiro atoms. The molecule has 0 radical (unpaired) electrons. The van der Waals surface area contributed by atoms with Crippen LogP contribution in [0, 0.1) is 5.92 Å². The lowest BCUT2D eigenvalue weighted by molar-refractivity contribution is -0.119. The van der Waals surface area contributed by atoms with Crippen molar-refractivity contribution in [2.24, 2.45) is 5.92 Å². The van der Waals surface area contributed by atoms with E-state index in [1.54, 1.807) is 48.5 Å². The standard InChI is InChI=1S/C23H24N2O5/c1-14(2)12-13-30-23(29)16-8-10-17(11-9-16)24-20(26)15(3)25-21(27)18-6-4-5-7-19(18)22(25)28/h4-11,14-15H,12-13H2,1-3H3,(H,24,26)/t15-/m0/s1. The van der Waals surface area contributed by atoms with Gasteiger partial charge in [0.1, 0.15) is 6.04 Å². The molecule has 7 heteroatoms. The molecule has 0 aliphatic carbocycles. The molecule has 1 aliphatic heterocycles. The fourth-order valence-corrected chi connectivity index (χ4v) is 3.08. The summed E-state index contributed by atoms with van der Waals surface area (Å²) in [6.07, 6.45) is 0.787. The number of carbonyl (C=O) groups is 4. The van der Waals surface area contributed by atoms with Crippen LogP contribution in [-0.2, 0) is 9.53 Å². The van der Waals surface area contributed by atoms with E-state index < -0.39 is 29.7 Å². The van der Waals surface area contributed by atoms with E-state index in [2.05, 4.69) is 5.32 Å². The number of rotatable bonds is 7. The Kier molecular flexibility index (Phi) is 6.30. The number of carbonyl (C=O) groups excluding carboxylic acids is 4. The van der Waals surface area contributed by atoms with Crippen molar-refractivity contribution >= 4 is 29.4 Å². The fourth-order valence-electron chi connectivity index (χ4n) is 3.08. The van der Waals surface area contributed by atoms with E-state index in [-0.39, 0.29) is 0 Å². The third-order valence-electron chi connectivity index (χ3n) is 4.91. The van der Waals surface area contributed by atoms with Crippen molar-refractivity contribution in [1.29, 1.82) is 0 Å². The fraction of sp³-hybridized carbons (Fsp3) is 0.304. The number of nitrogens with one attached hydrogen (secondary N) is 1. The number of hydrogen-bond donors (Lipinski definition) is 1. The summed E-state index contributed by atoms with van der Waals surface area (Å²) in [5.74, 6) is -1.46. The van der Waals surface area contributed by atoms with Crippen LogP contribution in [0.2, 0.25) is 0 Å². The minimum Gasteiger partial charge on any atom is -0.462 e. The van der Waals surface area contributed by atoms with Gasteiger partial charge >= 0.3 is 5.97 Å². The first-order valence-electron chi connectivity index (χ1n) is 9.84. The van der Waals surface area contributed by atoms with Crippen molar-refractivity contribution in [3.63, 3.8) is 0 Å². The zero-order valence-corrected chi connectivity index (χ0v) is 17.2. The van der Waals surface area contributed by atoms with Crippen LogP contribution in [0.3, 0.4) is 0 Å². The molecule has 2 aromatic rings. The molecule has 1 N–H and O–H groups in total. The number of benzene rings is 2. The number of amides is 3. The Balaban J connectivity index is 1.62. The molecule has 156 valence electrons. The molecule has 3 amide bonds. The molecule has 7 nitrogen and oxygen atoms in total. The van der Waals surface area contributed by atoms with Crippen LogP contribution in [-0.4, -0.2) is 41.2 Å². The predicted octanol–water partition coefficient (Wildman–Crippen LogP) is 3.51. The summed E-state index contributed by atoms with van der Waals surface area (Å²) in [5, 5.41) is 2.67. The maximum absolute atomic E-state index is 12.6. The molecule has 30 heavy (non-hydrogen) atoms. The van der Waals surface area contributed by atoms with Crippen molar-refractivity contribution in [2.45, 2.75) is 33.2 Å². The van der Waals surface area contributed by atoms with Gasteiger partial charge in [0.05, 0.1) is 23.3 Å². The van der Waals surface area contributed by atoms with Gasteiger partial charge < -0.3 is 10.1 Å². The summed E-state index contributed by atoms with van der Waals surface area (Å²) in [7, 11) is 0. The average Bonchev–Trinajstić information content (AvgIpc) is 2.98. The molecule has 1 heterocycles. The summed E-state index contributed by atoms with van der Waals surface area (Å²) >= 11 is 0. The Morgan fingerprint density at radius 3 is 2.03 bits per heavy atom. The van der Waals surface area contributed by atoms with Gasteiger partial charge in [-0.3, -0.25) is 19.3 Å². The predicted molar refractivity (Wildman–Crippen MR) is 111 cm³/mol. The SMILES string of the molecule is CC(C)CCOC(=O)c1ccc(NC(=O)[C@H](C)N2C(=O)c3ccccc3C2=O)cc1. The quantitative estimate of drug-likeness (QED) is 0.559. The number of fused-ring (bicyclic) bond motifs is 1. The topological polar surface area (TPSA) is 92.8 Å². The van der Waals surface area contributed by atoms with Crippen molar-refractivity contribution in [2.75, 3.05) is 11.9 Å². The lowest BCUT2D eigenvalue weighted by Gasteiger charge is -2.21. The Bertz CT molecular complexity index is 946. The van der Waals surface area contributed by atoms with Crippen LogP contribution in [0.4, 0.5) is 5.69 Å². The van der Waals surface area contributed by atoms with Gasteiger partial charge in [-0.25, -0.2) is 4.79 Å². The Labute approximate surface area is 175 Å². The second-order valence-corrected chi connectivity index (χ2v) is 7.59. The molecule has 0 saturated carbocycles. The Morgan fingerprint density at radius 2 is 1.50 bits per heavy atom. The number of nitrogens with zero attached hydrogens (tertiary/aromatic N) is 1. The smallest absolute Gasteiger partial charge is 0.338 e. The molecule has 2 aromatic carbocycles. The van der Waals surface area contributed by atoms with Gasteiger partial charge in [-0.2, -0.15) is 0 Å². The summed E-state index contributed by atoms with van der Waals surface area (Å²) < 4.78 is 5.21. The van der Waals surface area contributed by atoms with E-state index in [0.29, 0.717) is 34.9 Å². The summed E-state index contributed by atoms with van der Waals surface area (Å²) in [4.78, 5) is 50.7. The lowest BCUT2D eigenvalue weighted by Crippen LogP contribution is -2.45. The third kappa shape index (κ3) is 4.40. The van der Waals surface area contributed by atoms with Crippen LogP contribution >= 0.6 is 0 Å². The molecule has 0 fully saturated rings. The van der Waals surface area contributed by atoms with E-state index in [1.165, 1.54) is 6.92 Å². The maximum Gasteiger partial charge on any atom is 0.338 e. The Morgan fingerprint density at radius 1 is 0.933 bits per heavy atom. The summed E-state index contributed by atoms with van der Waals surface area (Å²) in [5.41, 5.74) is 1.41. The van der Waals surface area contributed by atoms with E-state index >= 15 is 0 Å².